The summed E-state index contributed by atoms with van der Waals surface area (Å²) in [7, 11) is 0. The van der Waals surface area contributed by atoms with Gasteiger partial charge in [-0.3, -0.25) is 9.17 Å². The summed E-state index contributed by atoms with van der Waals surface area (Å²) in [5.41, 5.74) is -2.94. The molecule has 0 spiro atoms. The van der Waals surface area contributed by atoms with E-state index in [0.717, 1.165) is 11.7 Å². The van der Waals surface area contributed by atoms with Gasteiger partial charge in [-0.25, -0.2) is 14.4 Å². The van der Waals surface area contributed by atoms with Crippen LogP contribution in [0.5, 0.6) is 0 Å². The summed E-state index contributed by atoms with van der Waals surface area (Å²) in [4.78, 5) is 51.3. The normalized spacial score (nSPS) is 13.3. The Bertz CT molecular complexity index is 812. The van der Waals surface area contributed by atoms with E-state index in [1.54, 1.807) is 62.3 Å². The number of esters is 1. The summed E-state index contributed by atoms with van der Waals surface area (Å²) in [6.45, 7) is 14.8. The number of carbonyl (C=O) groups is 3. The van der Waals surface area contributed by atoms with Gasteiger partial charge in [0.15, 0.2) is 0 Å². The number of ether oxygens (including phenoxy) is 3. The molecule has 1 aromatic rings. The highest BCUT2D eigenvalue weighted by atomic mass is 32.1. The van der Waals surface area contributed by atoms with E-state index in [1.165, 1.54) is 0 Å². The van der Waals surface area contributed by atoms with Crippen LogP contribution in [0, 0.1) is 0 Å². The molecule has 0 aliphatic heterocycles. The van der Waals surface area contributed by atoms with Gasteiger partial charge in [-0.2, -0.15) is 9.27 Å². The maximum atomic E-state index is 13.0. The summed E-state index contributed by atoms with van der Waals surface area (Å²) < 4.78 is 22.6. The van der Waals surface area contributed by atoms with Gasteiger partial charge in [-0.15, -0.1) is 0 Å². The van der Waals surface area contributed by atoms with Crippen LogP contribution in [0.15, 0.2) is 4.79 Å². The number of aromatic nitrogens is 2. The van der Waals surface area contributed by atoms with Crippen molar-refractivity contribution in [3.05, 3.63) is 16.0 Å². The van der Waals surface area contributed by atoms with E-state index >= 15 is 0 Å². The van der Waals surface area contributed by atoms with Crippen molar-refractivity contribution in [3.63, 3.8) is 0 Å². The molecule has 1 rings (SSSR count). The minimum absolute atomic E-state index is 0.0326. The van der Waals surface area contributed by atoms with Gasteiger partial charge in [0.2, 0.25) is 0 Å². The van der Waals surface area contributed by atoms with E-state index in [-0.39, 0.29) is 18.5 Å². The van der Waals surface area contributed by atoms with Gasteiger partial charge in [0.05, 0.1) is 0 Å². The Hall–Kier alpha value is -2.43. The van der Waals surface area contributed by atoms with Crippen LogP contribution in [0.2, 0.25) is 0 Å². The van der Waals surface area contributed by atoms with Crippen molar-refractivity contribution in [2.75, 3.05) is 0 Å². The van der Waals surface area contributed by atoms with Crippen molar-refractivity contribution in [1.29, 1.82) is 0 Å². The average Bonchev–Trinajstić information content (AvgIpc) is 2.90. The number of nitrogens with one attached hydrogen (secondary N) is 1. The third-order valence-electron chi connectivity index (χ3n) is 3.38. The van der Waals surface area contributed by atoms with Crippen molar-refractivity contribution >= 4 is 29.9 Å². The topological polar surface area (TPSA) is 128 Å². The van der Waals surface area contributed by atoms with Crippen LogP contribution >= 0.6 is 11.7 Å². The number of carbonyl (C=O) groups excluding carboxylic acids is 3. The number of hydrogen-bond acceptors (Lipinski definition) is 9. The fourth-order valence-electron chi connectivity index (χ4n) is 2.33. The third-order valence-corrected chi connectivity index (χ3v) is 3.97. The minimum Gasteiger partial charge on any atom is -0.458 e. The molecule has 0 bridgehead atoms. The molecule has 176 valence electrons. The molecule has 0 saturated carbocycles. The summed E-state index contributed by atoms with van der Waals surface area (Å²) in [6, 6.07) is -1.38. The van der Waals surface area contributed by atoms with E-state index in [2.05, 4.69) is 8.75 Å². The third kappa shape index (κ3) is 9.50. The number of aromatic amines is 1. The molecule has 2 amide bonds. The second-order valence-corrected chi connectivity index (χ2v) is 10.5. The van der Waals surface area contributed by atoms with Crippen molar-refractivity contribution in [2.24, 2.45) is 0 Å². The Kier molecular flexibility index (Phi) is 8.41. The molecule has 0 unspecified atom stereocenters. The molecule has 0 saturated heterocycles. The maximum Gasteiger partial charge on any atom is 0.420 e. The van der Waals surface area contributed by atoms with Crippen LogP contribution in [0.3, 0.4) is 0 Å². The first-order chi connectivity index (χ1) is 13.9. The van der Waals surface area contributed by atoms with Crippen LogP contribution in [-0.2, 0) is 25.4 Å². The number of imide groups is 1. The summed E-state index contributed by atoms with van der Waals surface area (Å²) in [6.07, 6.45) is -2.17. The van der Waals surface area contributed by atoms with Crippen molar-refractivity contribution in [1.82, 2.24) is 13.6 Å². The zero-order valence-electron chi connectivity index (χ0n) is 19.7. The molecule has 11 heteroatoms. The van der Waals surface area contributed by atoms with E-state index in [9.17, 15) is 19.2 Å². The number of rotatable bonds is 5. The first-order valence-corrected chi connectivity index (χ1v) is 10.7. The molecule has 1 N–H and O–H groups in total. The van der Waals surface area contributed by atoms with Crippen LogP contribution < -0.4 is 5.56 Å². The Morgan fingerprint density at radius 1 is 0.903 bits per heavy atom. The van der Waals surface area contributed by atoms with Gasteiger partial charge in [0.25, 0.3) is 5.56 Å². The predicted octanol–water partition coefficient (Wildman–Crippen LogP) is 3.65. The molecule has 0 aliphatic rings. The molecule has 1 aromatic heterocycles. The summed E-state index contributed by atoms with van der Waals surface area (Å²) >= 11 is 0.872. The highest BCUT2D eigenvalue weighted by Crippen LogP contribution is 2.21. The molecule has 1 atom stereocenters. The molecular formula is C20H33N3O7S. The molecule has 10 nitrogen and oxygen atoms in total. The largest absolute Gasteiger partial charge is 0.458 e. The Labute approximate surface area is 186 Å². The van der Waals surface area contributed by atoms with Crippen LogP contribution in [0.4, 0.5) is 9.59 Å². The maximum absolute atomic E-state index is 13.0. The van der Waals surface area contributed by atoms with Gasteiger partial charge >= 0.3 is 18.2 Å². The zero-order valence-corrected chi connectivity index (χ0v) is 20.5. The highest BCUT2D eigenvalue weighted by molar-refractivity contribution is 6.99. The summed E-state index contributed by atoms with van der Waals surface area (Å²) in [5, 5.41) is 0. The van der Waals surface area contributed by atoms with E-state index in [4.69, 9.17) is 14.2 Å². The van der Waals surface area contributed by atoms with Crippen molar-refractivity contribution < 1.29 is 28.6 Å². The molecule has 0 radical (unpaired) electrons. The highest BCUT2D eigenvalue weighted by Gasteiger charge is 2.42. The molecular weight excluding hydrogens is 426 g/mol. The number of nitrogens with zero attached hydrogens (tertiary/aromatic N) is 2. The van der Waals surface area contributed by atoms with E-state index in [1.807, 2.05) is 0 Å². The van der Waals surface area contributed by atoms with Crippen LogP contribution in [0.25, 0.3) is 0 Å². The number of hydrogen-bond donors (Lipinski definition) is 1. The molecule has 0 aliphatic carbocycles. The Morgan fingerprint density at radius 2 is 1.35 bits per heavy atom. The van der Waals surface area contributed by atoms with Gasteiger partial charge in [-0.05, 0) is 75.2 Å². The second kappa shape index (κ2) is 9.80. The van der Waals surface area contributed by atoms with Gasteiger partial charge in [0.1, 0.15) is 28.5 Å². The molecule has 31 heavy (non-hydrogen) atoms. The number of H-pyrrole nitrogens is 1. The molecule has 1 heterocycles. The molecule has 0 aromatic carbocycles. The fraction of sp³-hybridized carbons (Fsp3) is 0.750. The average molecular weight is 460 g/mol. The zero-order chi connectivity index (χ0) is 24.2. The van der Waals surface area contributed by atoms with Crippen LogP contribution in [-0.4, -0.2) is 54.6 Å². The van der Waals surface area contributed by atoms with Crippen molar-refractivity contribution in [2.45, 2.75) is 98.0 Å². The van der Waals surface area contributed by atoms with Gasteiger partial charge in [-0.1, -0.05) is 0 Å². The molecule has 0 fully saturated rings. The monoisotopic (exact) mass is 459 g/mol. The Balaban J connectivity index is 3.36. The first-order valence-electron chi connectivity index (χ1n) is 9.91. The standard InChI is InChI=1S/C20H33N3O7S/c1-18(2,3)28-15(25)13(11-10-12-14(24)22-31-21-12)23(16(26)29-19(4,5)6)17(27)30-20(7,8)9/h13H,10-11H2,1-9H3,(H,22,24)/t13-/m0/s1. The Morgan fingerprint density at radius 3 is 1.71 bits per heavy atom. The van der Waals surface area contributed by atoms with Gasteiger partial charge in [0, 0.05) is 11.7 Å². The van der Waals surface area contributed by atoms with Gasteiger partial charge < -0.3 is 14.2 Å². The number of aryl methyl sites for hydroxylation is 1. The van der Waals surface area contributed by atoms with Crippen LogP contribution in [0.1, 0.15) is 74.4 Å². The van der Waals surface area contributed by atoms with E-state index < -0.39 is 46.6 Å². The second-order valence-electron chi connectivity index (χ2n) is 9.98. The predicted molar refractivity (Wildman–Crippen MR) is 115 cm³/mol. The van der Waals surface area contributed by atoms with Crippen molar-refractivity contribution in [3.8, 4) is 0 Å². The quantitative estimate of drug-likeness (QED) is 0.522. The fourth-order valence-corrected chi connectivity index (χ4v) is 2.86. The lowest BCUT2D eigenvalue weighted by molar-refractivity contribution is -0.161. The number of amides is 2. The lowest BCUT2D eigenvalue weighted by Gasteiger charge is -2.33. The lowest BCUT2D eigenvalue weighted by Crippen LogP contribution is -2.53. The lowest BCUT2D eigenvalue weighted by atomic mass is 10.1. The SMILES string of the molecule is CC(C)(C)OC(=O)[C@H](CCc1ns[nH]c1=O)N(C(=O)OC(C)(C)C)C(=O)OC(C)(C)C. The summed E-state index contributed by atoms with van der Waals surface area (Å²) in [5.74, 6) is -0.823. The first kappa shape index (κ1) is 26.6. The smallest absolute Gasteiger partial charge is 0.420 e. The van der Waals surface area contributed by atoms with E-state index in [0.29, 0.717) is 4.90 Å². The minimum atomic E-state index is -1.38.